The summed E-state index contributed by atoms with van der Waals surface area (Å²) in [6.07, 6.45) is 3.86. The fourth-order valence-corrected chi connectivity index (χ4v) is 7.60. The Morgan fingerprint density at radius 2 is 0.792 bits per heavy atom. The van der Waals surface area contributed by atoms with E-state index in [-0.39, 0.29) is 0 Å². The molecule has 0 fully saturated rings. The minimum atomic E-state index is 0.972. The van der Waals surface area contributed by atoms with E-state index in [2.05, 4.69) is 152 Å². The van der Waals surface area contributed by atoms with Crippen LogP contribution in [0.2, 0.25) is 0 Å². The SMILES string of the molecule is c1ccc2c(-c3c4ccccc4c(-c4nccc5ccccc45)c4cc(-c5nc6ccccc6c6ccccc56)ccc34)nccc2c1. The highest BCUT2D eigenvalue weighted by Gasteiger charge is 2.22. The predicted molar refractivity (Wildman–Crippen MR) is 201 cm³/mol. The van der Waals surface area contributed by atoms with Gasteiger partial charge in [0.25, 0.3) is 0 Å². The maximum Gasteiger partial charge on any atom is 0.0792 e. The van der Waals surface area contributed by atoms with E-state index in [1.807, 2.05) is 12.4 Å². The summed E-state index contributed by atoms with van der Waals surface area (Å²) in [7, 11) is 0. The number of nitrogens with zero attached hydrogens (tertiary/aromatic N) is 3. The van der Waals surface area contributed by atoms with Gasteiger partial charge in [-0.25, -0.2) is 4.98 Å². The molecule has 0 aliphatic heterocycles. The number of hydrogen-bond acceptors (Lipinski definition) is 3. The topological polar surface area (TPSA) is 38.7 Å². The van der Waals surface area contributed by atoms with Gasteiger partial charge >= 0.3 is 0 Å². The summed E-state index contributed by atoms with van der Waals surface area (Å²) in [4.78, 5) is 15.4. The summed E-state index contributed by atoms with van der Waals surface area (Å²) >= 11 is 0. The van der Waals surface area contributed by atoms with Gasteiger partial charge in [0.2, 0.25) is 0 Å². The molecule has 48 heavy (non-hydrogen) atoms. The molecular formula is C45H27N3. The average Bonchev–Trinajstić information content (AvgIpc) is 3.16. The highest BCUT2D eigenvalue weighted by molar-refractivity contribution is 6.25. The molecule has 0 saturated heterocycles. The van der Waals surface area contributed by atoms with Gasteiger partial charge in [-0.2, -0.15) is 0 Å². The molecule has 0 atom stereocenters. The molecule has 3 heteroatoms. The number of fused-ring (bicyclic) bond motifs is 7. The monoisotopic (exact) mass is 609 g/mol. The van der Waals surface area contributed by atoms with E-state index in [1.54, 1.807) is 0 Å². The maximum absolute atomic E-state index is 5.29. The van der Waals surface area contributed by atoms with Crippen molar-refractivity contribution in [1.82, 2.24) is 15.0 Å². The van der Waals surface area contributed by atoms with Gasteiger partial charge in [0.1, 0.15) is 0 Å². The van der Waals surface area contributed by atoms with Crippen molar-refractivity contribution < 1.29 is 0 Å². The summed E-state index contributed by atoms with van der Waals surface area (Å²) in [5, 5.41) is 12.7. The Balaban J connectivity index is 1.39. The molecule has 0 spiro atoms. The van der Waals surface area contributed by atoms with Gasteiger partial charge in [-0.3, -0.25) is 9.97 Å². The molecule has 0 saturated carbocycles. The first-order valence-corrected chi connectivity index (χ1v) is 16.3. The lowest BCUT2D eigenvalue weighted by molar-refractivity contribution is 1.36. The van der Waals surface area contributed by atoms with Gasteiger partial charge in [-0.15, -0.1) is 0 Å². The third-order valence-electron chi connectivity index (χ3n) is 9.73. The Morgan fingerprint density at radius 1 is 0.312 bits per heavy atom. The van der Waals surface area contributed by atoms with Crippen molar-refractivity contribution in [3.05, 3.63) is 164 Å². The normalized spacial score (nSPS) is 11.8. The van der Waals surface area contributed by atoms with Crippen molar-refractivity contribution in [3.63, 3.8) is 0 Å². The number of benzene rings is 7. The molecule has 3 aromatic heterocycles. The lowest BCUT2D eigenvalue weighted by Crippen LogP contribution is -1.96. The molecule has 222 valence electrons. The maximum atomic E-state index is 5.29. The zero-order chi connectivity index (χ0) is 31.6. The third kappa shape index (κ3) is 3.98. The van der Waals surface area contributed by atoms with E-state index in [9.17, 15) is 0 Å². The number of hydrogen-bond donors (Lipinski definition) is 0. The average molecular weight is 610 g/mol. The van der Waals surface area contributed by atoms with Gasteiger partial charge in [0.15, 0.2) is 0 Å². The van der Waals surface area contributed by atoms with Crippen molar-refractivity contribution in [2.75, 3.05) is 0 Å². The lowest BCUT2D eigenvalue weighted by atomic mass is 9.85. The van der Waals surface area contributed by atoms with Crippen LogP contribution >= 0.6 is 0 Å². The highest BCUT2D eigenvalue weighted by atomic mass is 14.7. The molecule has 3 heterocycles. The first kappa shape index (κ1) is 26.7. The highest BCUT2D eigenvalue weighted by Crippen LogP contribution is 2.46. The zero-order valence-corrected chi connectivity index (χ0v) is 25.9. The van der Waals surface area contributed by atoms with Crippen LogP contribution < -0.4 is 0 Å². The second-order valence-corrected chi connectivity index (χ2v) is 12.3. The first-order chi connectivity index (χ1) is 23.8. The quantitative estimate of drug-likeness (QED) is 0.148. The van der Waals surface area contributed by atoms with Crippen molar-refractivity contribution in [2.45, 2.75) is 0 Å². The van der Waals surface area contributed by atoms with E-state index in [4.69, 9.17) is 15.0 Å². The van der Waals surface area contributed by atoms with Gasteiger partial charge in [0, 0.05) is 50.6 Å². The first-order valence-electron chi connectivity index (χ1n) is 16.3. The Bertz CT molecular complexity index is 2900. The molecule has 7 aromatic carbocycles. The fraction of sp³-hybridized carbons (Fsp3) is 0. The molecule has 0 bridgehead atoms. The van der Waals surface area contributed by atoms with E-state index in [0.29, 0.717) is 0 Å². The summed E-state index contributed by atoms with van der Waals surface area (Å²) in [6.45, 7) is 0. The zero-order valence-electron chi connectivity index (χ0n) is 25.9. The largest absolute Gasteiger partial charge is 0.256 e. The van der Waals surface area contributed by atoms with Crippen LogP contribution in [0.25, 0.3) is 98.5 Å². The molecule has 10 rings (SSSR count). The second-order valence-electron chi connectivity index (χ2n) is 12.3. The smallest absolute Gasteiger partial charge is 0.0792 e. The Labute approximate surface area is 276 Å². The summed E-state index contributed by atoms with van der Waals surface area (Å²) in [5.41, 5.74) is 7.23. The van der Waals surface area contributed by atoms with Crippen LogP contribution in [0.5, 0.6) is 0 Å². The minimum Gasteiger partial charge on any atom is -0.256 e. The Hall–Kier alpha value is -6.45. The van der Waals surface area contributed by atoms with Gasteiger partial charge in [-0.05, 0) is 62.0 Å². The van der Waals surface area contributed by atoms with Crippen molar-refractivity contribution in [3.8, 4) is 33.8 Å². The van der Waals surface area contributed by atoms with Crippen molar-refractivity contribution in [1.29, 1.82) is 0 Å². The predicted octanol–water partition coefficient (Wildman–Crippen LogP) is 11.8. The molecule has 0 amide bonds. The Kier molecular flexibility index (Phi) is 5.87. The molecule has 10 aromatic rings. The van der Waals surface area contributed by atoms with Crippen LogP contribution in [0, 0.1) is 0 Å². The van der Waals surface area contributed by atoms with E-state index >= 15 is 0 Å². The molecule has 0 unspecified atom stereocenters. The van der Waals surface area contributed by atoms with E-state index in [1.165, 1.54) is 10.8 Å². The van der Waals surface area contributed by atoms with E-state index in [0.717, 1.165) is 87.8 Å². The summed E-state index contributed by atoms with van der Waals surface area (Å²) < 4.78 is 0. The minimum absolute atomic E-state index is 0.972. The molecule has 0 aliphatic rings. The molecular weight excluding hydrogens is 583 g/mol. The molecule has 3 nitrogen and oxygen atoms in total. The number of rotatable bonds is 3. The van der Waals surface area contributed by atoms with Gasteiger partial charge < -0.3 is 0 Å². The third-order valence-corrected chi connectivity index (χ3v) is 9.73. The van der Waals surface area contributed by atoms with Crippen LogP contribution in [-0.4, -0.2) is 15.0 Å². The van der Waals surface area contributed by atoms with Gasteiger partial charge in [-0.1, -0.05) is 127 Å². The Morgan fingerprint density at radius 3 is 1.44 bits per heavy atom. The van der Waals surface area contributed by atoms with Crippen LogP contribution in [0.4, 0.5) is 0 Å². The standard InChI is InChI=1S/C45H27N3/c1-3-13-31-28(11-1)23-25-46-44(31)41-35-17-6-7-18-36(35)42(45-32-14-4-2-12-29(32)24-26-47-45)39-27-30(21-22-37(39)41)43-38-19-8-5-15-33(38)34-16-9-10-20-40(34)48-43/h1-27H. The lowest BCUT2D eigenvalue weighted by Gasteiger charge is -2.19. The fourth-order valence-electron chi connectivity index (χ4n) is 7.60. The summed E-state index contributed by atoms with van der Waals surface area (Å²) in [6, 6.07) is 53.8. The molecule has 0 N–H and O–H groups in total. The number of aromatic nitrogens is 3. The molecule has 0 radical (unpaired) electrons. The number of para-hydroxylation sites is 1. The van der Waals surface area contributed by atoms with Crippen molar-refractivity contribution in [2.24, 2.45) is 0 Å². The van der Waals surface area contributed by atoms with Crippen molar-refractivity contribution >= 4 is 64.8 Å². The van der Waals surface area contributed by atoms with Crippen LogP contribution in [0.1, 0.15) is 0 Å². The van der Waals surface area contributed by atoms with Crippen LogP contribution in [0.15, 0.2) is 164 Å². The second kappa shape index (κ2) is 10.5. The van der Waals surface area contributed by atoms with Gasteiger partial charge in [0.05, 0.1) is 22.6 Å². The van der Waals surface area contributed by atoms with E-state index < -0.39 is 0 Å². The number of pyridine rings is 3. The summed E-state index contributed by atoms with van der Waals surface area (Å²) in [5.74, 6) is 0. The van der Waals surface area contributed by atoms with Crippen LogP contribution in [-0.2, 0) is 0 Å². The van der Waals surface area contributed by atoms with Crippen LogP contribution in [0.3, 0.4) is 0 Å². The molecule has 0 aliphatic carbocycles.